The van der Waals surface area contributed by atoms with E-state index in [0.717, 1.165) is 11.1 Å². The minimum absolute atomic E-state index is 0.317. The van der Waals surface area contributed by atoms with Gasteiger partial charge in [-0.05, 0) is 24.0 Å². The molecule has 1 aromatic rings. The lowest BCUT2D eigenvalue weighted by atomic mass is 9.92. The van der Waals surface area contributed by atoms with Crippen LogP contribution < -0.4 is 4.89 Å². The summed E-state index contributed by atoms with van der Waals surface area (Å²) >= 11 is 8.83. The molecule has 0 aromatic heterocycles. The molecule has 0 amide bonds. The number of nitrogens with zero attached hydrogens (tertiary/aromatic N) is 1. The van der Waals surface area contributed by atoms with Crippen molar-refractivity contribution >= 4 is 29.7 Å². The van der Waals surface area contributed by atoms with E-state index in [2.05, 4.69) is 65.4 Å². The highest BCUT2D eigenvalue weighted by Gasteiger charge is 2.25. The summed E-state index contributed by atoms with van der Waals surface area (Å²) in [7, 11) is 6.23. The lowest BCUT2D eigenvalue weighted by molar-refractivity contribution is -0.874. The molecule has 21 heavy (non-hydrogen) atoms. The summed E-state index contributed by atoms with van der Waals surface area (Å²) in [5.41, 5.74) is 0.156. The Morgan fingerprint density at radius 2 is 1.86 bits per heavy atom. The van der Waals surface area contributed by atoms with Crippen LogP contribution >= 0.6 is 17.9 Å². The van der Waals surface area contributed by atoms with Gasteiger partial charge in [0.2, 0.25) is 0 Å². The van der Waals surface area contributed by atoms with Gasteiger partial charge in [-0.3, -0.25) is 0 Å². The van der Waals surface area contributed by atoms with Crippen LogP contribution in [0.5, 0.6) is 0 Å². The summed E-state index contributed by atoms with van der Waals surface area (Å²) in [6.07, 6.45) is -0.317. The first-order chi connectivity index (χ1) is 9.39. The standard InChI is InChI=1S/C15H26NO2PS2/c1-11(2)13-8-7-12(3)9-14(13)15(10-16(4,5)6)18-19(17,20)21/h7-9,11,15H,10H2,1-6H3,(H-,17,20,21). The van der Waals surface area contributed by atoms with Gasteiger partial charge in [0.1, 0.15) is 12.6 Å². The van der Waals surface area contributed by atoms with Crippen LogP contribution in [-0.2, 0) is 16.3 Å². The van der Waals surface area contributed by atoms with Crippen LogP contribution in [0.2, 0.25) is 0 Å². The van der Waals surface area contributed by atoms with Crippen molar-refractivity contribution in [2.45, 2.75) is 32.8 Å². The number of hydrogen-bond acceptors (Lipinski definition) is 3. The van der Waals surface area contributed by atoms with Gasteiger partial charge in [-0.25, -0.2) is 0 Å². The Balaban J connectivity index is 3.30. The maximum absolute atomic E-state index is 11.9. The van der Waals surface area contributed by atoms with E-state index in [1.165, 1.54) is 5.56 Å². The molecule has 0 saturated heterocycles. The molecule has 3 nitrogen and oxygen atoms in total. The van der Waals surface area contributed by atoms with Crippen LogP contribution in [0, 0.1) is 6.92 Å². The van der Waals surface area contributed by atoms with Crippen LogP contribution in [-0.4, -0.2) is 32.2 Å². The molecule has 0 aliphatic rings. The van der Waals surface area contributed by atoms with Crippen LogP contribution in [0.3, 0.4) is 0 Å². The maximum Gasteiger partial charge on any atom is 0.136 e. The molecule has 2 atom stereocenters. The Labute approximate surface area is 139 Å². The average molecular weight is 347 g/mol. The van der Waals surface area contributed by atoms with Gasteiger partial charge in [0.25, 0.3) is 0 Å². The highest BCUT2D eigenvalue weighted by molar-refractivity contribution is 8.59. The van der Waals surface area contributed by atoms with Crippen LogP contribution in [0.4, 0.5) is 0 Å². The third kappa shape index (κ3) is 6.81. The average Bonchev–Trinajstić information content (AvgIpc) is 2.23. The van der Waals surface area contributed by atoms with Crippen molar-refractivity contribution in [1.29, 1.82) is 0 Å². The van der Waals surface area contributed by atoms with Crippen molar-refractivity contribution in [2.24, 2.45) is 0 Å². The second-order valence-electron chi connectivity index (χ2n) is 6.82. The number of aryl methyl sites for hydroxylation is 1. The highest BCUT2D eigenvalue weighted by atomic mass is 32.9. The van der Waals surface area contributed by atoms with E-state index in [9.17, 15) is 4.89 Å². The van der Waals surface area contributed by atoms with Crippen LogP contribution in [0.15, 0.2) is 18.2 Å². The summed E-state index contributed by atoms with van der Waals surface area (Å²) in [4.78, 5) is 11.9. The molecule has 6 heteroatoms. The van der Waals surface area contributed by atoms with E-state index in [-0.39, 0.29) is 6.10 Å². The van der Waals surface area contributed by atoms with Gasteiger partial charge >= 0.3 is 0 Å². The predicted octanol–water partition coefficient (Wildman–Crippen LogP) is 3.40. The SMILES string of the molecule is Cc1ccc(C(C)C)c(C(C[N+](C)(C)C)OP([O-])(=S)S)c1. The monoisotopic (exact) mass is 347 g/mol. The van der Waals surface area contributed by atoms with Gasteiger partial charge in [-0.1, -0.05) is 49.4 Å². The van der Waals surface area contributed by atoms with Crippen molar-refractivity contribution in [3.63, 3.8) is 0 Å². The van der Waals surface area contributed by atoms with E-state index in [4.69, 9.17) is 16.3 Å². The van der Waals surface area contributed by atoms with Crippen LogP contribution in [0.1, 0.15) is 42.6 Å². The number of rotatable bonds is 6. The molecule has 0 fully saturated rings. The summed E-state index contributed by atoms with van der Waals surface area (Å²) in [6, 6.07) is 6.32. The van der Waals surface area contributed by atoms with Crippen molar-refractivity contribution < 1.29 is 13.9 Å². The first-order valence-electron chi connectivity index (χ1n) is 7.02. The molecule has 1 aromatic carbocycles. The first kappa shape index (κ1) is 19.1. The molecule has 2 unspecified atom stereocenters. The van der Waals surface area contributed by atoms with Crippen LogP contribution in [0.25, 0.3) is 0 Å². The van der Waals surface area contributed by atoms with E-state index in [0.29, 0.717) is 16.9 Å². The lowest BCUT2D eigenvalue weighted by Gasteiger charge is -2.35. The summed E-state index contributed by atoms with van der Waals surface area (Å²) in [6.45, 7) is 7.02. The van der Waals surface area contributed by atoms with Crippen molar-refractivity contribution in [1.82, 2.24) is 0 Å². The summed E-state index contributed by atoms with van der Waals surface area (Å²) in [5, 5.41) is 0. The smallest absolute Gasteiger partial charge is 0.136 e. The first-order valence-corrected chi connectivity index (χ1v) is 10.8. The summed E-state index contributed by atoms with van der Waals surface area (Å²) < 4.78 is 6.36. The second kappa shape index (κ2) is 7.12. The third-order valence-corrected chi connectivity index (χ3v) is 4.25. The number of benzene rings is 1. The Morgan fingerprint density at radius 3 is 2.29 bits per heavy atom. The van der Waals surface area contributed by atoms with E-state index in [1.54, 1.807) is 0 Å². The Morgan fingerprint density at radius 1 is 1.29 bits per heavy atom. The molecular formula is C15H26NO2PS2. The maximum atomic E-state index is 11.9. The topological polar surface area (TPSA) is 32.3 Å². The summed E-state index contributed by atoms with van der Waals surface area (Å²) in [5.74, 6) is 0.364. The molecule has 0 aliphatic carbocycles. The number of quaternary nitrogens is 1. The van der Waals surface area contributed by atoms with E-state index < -0.39 is 5.69 Å². The Kier molecular flexibility index (Phi) is 6.49. The minimum atomic E-state index is -3.27. The molecule has 1 rings (SSSR count). The molecule has 0 bridgehead atoms. The van der Waals surface area contributed by atoms with Gasteiger partial charge in [-0.15, -0.1) is 12.2 Å². The molecule has 0 saturated carbocycles. The molecule has 0 N–H and O–H groups in total. The Bertz CT molecular complexity index is 535. The zero-order valence-corrected chi connectivity index (χ0v) is 16.3. The van der Waals surface area contributed by atoms with Crippen molar-refractivity contribution in [3.8, 4) is 0 Å². The molecule has 0 spiro atoms. The van der Waals surface area contributed by atoms with Gasteiger partial charge in [0.05, 0.1) is 21.1 Å². The molecule has 120 valence electrons. The highest BCUT2D eigenvalue weighted by Crippen LogP contribution is 2.48. The normalized spacial score (nSPS) is 16.8. The fourth-order valence-corrected chi connectivity index (χ4v) is 3.50. The molecular weight excluding hydrogens is 321 g/mol. The lowest BCUT2D eigenvalue weighted by Crippen LogP contribution is -2.39. The zero-order valence-electron chi connectivity index (χ0n) is 13.7. The quantitative estimate of drug-likeness (QED) is 0.486. The van der Waals surface area contributed by atoms with Gasteiger partial charge in [0, 0.05) is 5.69 Å². The Hall–Kier alpha value is 0.1000. The largest absolute Gasteiger partial charge is 0.793 e. The zero-order chi connectivity index (χ0) is 16.4. The van der Waals surface area contributed by atoms with Gasteiger partial charge in [0.15, 0.2) is 0 Å². The fourth-order valence-electron chi connectivity index (χ4n) is 2.35. The molecule has 0 aliphatic heterocycles. The number of likely N-dealkylation sites (N-methyl/N-ethyl adjacent to an activating group) is 1. The minimum Gasteiger partial charge on any atom is -0.793 e. The second-order valence-corrected chi connectivity index (χ2v) is 11.8. The van der Waals surface area contributed by atoms with Gasteiger partial charge in [-0.2, -0.15) is 0 Å². The van der Waals surface area contributed by atoms with E-state index >= 15 is 0 Å². The van der Waals surface area contributed by atoms with Crippen molar-refractivity contribution in [3.05, 3.63) is 34.9 Å². The van der Waals surface area contributed by atoms with Gasteiger partial charge < -0.3 is 13.9 Å². The predicted molar refractivity (Wildman–Crippen MR) is 95.3 cm³/mol. The number of hydrogen-bond donors (Lipinski definition) is 1. The number of thiol groups is 1. The fraction of sp³-hybridized carbons (Fsp3) is 0.600. The van der Waals surface area contributed by atoms with E-state index in [1.807, 2.05) is 6.92 Å². The molecule has 0 radical (unpaired) electrons. The third-order valence-electron chi connectivity index (χ3n) is 3.19. The molecule has 0 heterocycles. The van der Waals surface area contributed by atoms with Crippen molar-refractivity contribution in [2.75, 3.05) is 27.7 Å².